The van der Waals surface area contributed by atoms with Crippen LogP contribution in [-0.4, -0.2) is 16.2 Å². The van der Waals surface area contributed by atoms with Gasteiger partial charge in [-0.25, -0.2) is 14.8 Å². The molecule has 0 spiro atoms. The minimum absolute atomic E-state index is 0.144. The van der Waals surface area contributed by atoms with Gasteiger partial charge in [0.2, 0.25) is 11.8 Å². The number of nitrogens with one attached hydrogen (secondary N) is 1. The second-order valence-corrected chi connectivity index (χ2v) is 5.32. The van der Waals surface area contributed by atoms with Crippen LogP contribution in [0.15, 0.2) is 59.8 Å². The van der Waals surface area contributed by atoms with E-state index in [0.29, 0.717) is 17.0 Å². The molecule has 2 aromatic carbocycles. The average Bonchev–Trinajstić information content (AvgIpc) is 2.59. The molecule has 0 unspecified atom stereocenters. The molecule has 8 heteroatoms. The van der Waals surface area contributed by atoms with Crippen LogP contribution < -0.4 is 15.9 Å². The van der Waals surface area contributed by atoms with Gasteiger partial charge in [0.05, 0.1) is 12.4 Å². The molecule has 3 rings (SSSR count). The molecule has 0 aliphatic rings. The largest absolute Gasteiger partial charge is 0.437 e. The number of anilines is 2. The average molecular weight is 358 g/mol. The molecular formula is C17H13ClFN5O. The number of benzene rings is 2. The number of nitrogens with zero attached hydrogens (tertiary/aromatic N) is 3. The van der Waals surface area contributed by atoms with E-state index in [1.165, 1.54) is 18.5 Å². The van der Waals surface area contributed by atoms with Crippen LogP contribution in [0.1, 0.15) is 5.56 Å². The molecule has 0 amide bonds. The topological polar surface area (TPSA) is 85.4 Å². The Hall–Kier alpha value is -3.19. The molecule has 0 bridgehead atoms. The van der Waals surface area contributed by atoms with Gasteiger partial charge >= 0.3 is 0 Å². The summed E-state index contributed by atoms with van der Waals surface area (Å²) in [4.78, 5) is 8.11. The van der Waals surface area contributed by atoms with E-state index in [1.807, 2.05) is 0 Å². The van der Waals surface area contributed by atoms with E-state index in [4.69, 9.17) is 22.1 Å². The first kappa shape index (κ1) is 16.7. The first-order chi connectivity index (χ1) is 12.1. The van der Waals surface area contributed by atoms with E-state index in [0.717, 1.165) is 0 Å². The Morgan fingerprint density at radius 3 is 2.84 bits per heavy atom. The smallest absolute Gasteiger partial charge is 0.246 e. The van der Waals surface area contributed by atoms with Crippen LogP contribution in [0, 0.1) is 5.82 Å². The predicted molar refractivity (Wildman–Crippen MR) is 95.6 cm³/mol. The third kappa shape index (κ3) is 4.42. The molecular weight excluding hydrogens is 345 g/mol. The van der Waals surface area contributed by atoms with Crippen molar-refractivity contribution in [1.29, 1.82) is 0 Å². The van der Waals surface area contributed by atoms with Crippen molar-refractivity contribution in [2.45, 2.75) is 0 Å². The minimum Gasteiger partial charge on any atom is -0.437 e. The third-order valence-corrected chi connectivity index (χ3v) is 3.32. The van der Waals surface area contributed by atoms with Gasteiger partial charge in [0.1, 0.15) is 16.6 Å². The molecule has 1 aromatic heterocycles. The Morgan fingerprint density at radius 2 is 2.04 bits per heavy atom. The lowest BCUT2D eigenvalue weighted by atomic mass is 10.2. The van der Waals surface area contributed by atoms with Crippen molar-refractivity contribution in [1.82, 2.24) is 9.97 Å². The highest BCUT2D eigenvalue weighted by molar-refractivity contribution is 6.31. The molecule has 0 saturated carbocycles. The van der Waals surface area contributed by atoms with E-state index < -0.39 is 0 Å². The van der Waals surface area contributed by atoms with Gasteiger partial charge in [-0.2, -0.15) is 10.1 Å². The minimum atomic E-state index is -0.379. The van der Waals surface area contributed by atoms with Crippen LogP contribution in [0.4, 0.5) is 16.0 Å². The van der Waals surface area contributed by atoms with E-state index in [2.05, 4.69) is 20.5 Å². The summed E-state index contributed by atoms with van der Waals surface area (Å²) < 4.78 is 19.1. The lowest BCUT2D eigenvalue weighted by Crippen LogP contribution is -1.99. The second kappa shape index (κ2) is 7.59. The van der Waals surface area contributed by atoms with E-state index in [-0.39, 0.29) is 22.7 Å². The van der Waals surface area contributed by atoms with Gasteiger partial charge in [-0.1, -0.05) is 35.9 Å². The summed E-state index contributed by atoms with van der Waals surface area (Å²) in [5, 5.41) is 4.13. The maximum atomic E-state index is 13.5. The fourth-order valence-electron chi connectivity index (χ4n) is 1.91. The van der Waals surface area contributed by atoms with Gasteiger partial charge in [0, 0.05) is 17.3 Å². The number of ether oxygens (including phenoxy) is 1. The molecule has 3 aromatic rings. The van der Waals surface area contributed by atoms with E-state index in [1.54, 1.807) is 42.5 Å². The zero-order valence-electron chi connectivity index (χ0n) is 12.9. The van der Waals surface area contributed by atoms with E-state index in [9.17, 15) is 4.39 Å². The quantitative estimate of drug-likeness (QED) is 0.408. The van der Waals surface area contributed by atoms with Crippen LogP contribution in [0.5, 0.6) is 11.6 Å². The first-order valence-electron chi connectivity index (χ1n) is 7.21. The molecule has 0 aliphatic carbocycles. The first-order valence-corrected chi connectivity index (χ1v) is 7.59. The highest BCUT2D eigenvalue weighted by Gasteiger charge is 2.08. The molecule has 0 radical (unpaired) electrons. The van der Waals surface area contributed by atoms with Gasteiger partial charge in [0.15, 0.2) is 0 Å². The lowest BCUT2D eigenvalue weighted by molar-refractivity contribution is 0.463. The fraction of sp³-hybridized carbons (Fsp3) is 0. The van der Waals surface area contributed by atoms with Gasteiger partial charge in [-0.3, -0.25) is 0 Å². The Bertz CT molecular complexity index is 919. The molecule has 1 heterocycles. The number of hydrogen-bond acceptors (Lipinski definition) is 6. The Morgan fingerprint density at radius 1 is 1.20 bits per heavy atom. The standard InChI is InChI=1S/C17H13ClFN5O/c18-14-10-21-17(24-22-9-11-4-1-2-7-15(11)19)23-16(14)25-13-6-3-5-12(20)8-13/h1-10H,20H2,(H,21,23,24)/b22-9+. The molecule has 25 heavy (non-hydrogen) atoms. The Kier molecular flexibility index (Phi) is 5.06. The summed E-state index contributed by atoms with van der Waals surface area (Å²) in [5.74, 6) is 0.402. The fourth-order valence-corrected chi connectivity index (χ4v) is 2.04. The molecule has 6 nitrogen and oxygen atoms in total. The summed E-state index contributed by atoms with van der Waals surface area (Å²) >= 11 is 6.04. The van der Waals surface area contributed by atoms with Crippen molar-refractivity contribution < 1.29 is 9.13 Å². The number of rotatable bonds is 5. The highest BCUT2D eigenvalue weighted by Crippen LogP contribution is 2.28. The van der Waals surface area contributed by atoms with Crippen LogP contribution in [0.2, 0.25) is 5.02 Å². The number of hydrogen-bond donors (Lipinski definition) is 2. The molecule has 3 N–H and O–H groups in total. The van der Waals surface area contributed by atoms with Crippen molar-refractivity contribution in [3.8, 4) is 11.6 Å². The summed E-state index contributed by atoms with van der Waals surface area (Å²) in [6.07, 6.45) is 2.70. The van der Waals surface area contributed by atoms with E-state index >= 15 is 0 Å². The zero-order chi connectivity index (χ0) is 17.6. The van der Waals surface area contributed by atoms with Crippen LogP contribution in [0.3, 0.4) is 0 Å². The Balaban J connectivity index is 1.74. The summed E-state index contributed by atoms with van der Waals surface area (Å²) in [6, 6.07) is 13.1. The molecule has 0 fully saturated rings. The Labute approximate surface area is 148 Å². The summed E-state index contributed by atoms with van der Waals surface area (Å²) in [5.41, 5.74) is 9.19. The molecule has 126 valence electrons. The van der Waals surface area contributed by atoms with Crippen LogP contribution >= 0.6 is 11.6 Å². The van der Waals surface area contributed by atoms with Gasteiger partial charge in [-0.15, -0.1) is 0 Å². The molecule has 0 atom stereocenters. The maximum Gasteiger partial charge on any atom is 0.246 e. The number of hydrazone groups is 1. The summed E-state index contributed by atoms with van der Waals surface area (Å²) in [6.45, 7) is 0. The molecule has 0 saturated heterocycles. The third-order valence-electron chi connectivity index (χ3n) is 3.06. The maximum absolute atomic E-state index is 13.5. The normalized spacial score (nSPS) is 10.8. The van der Waals surface area contributed by atoms with Crippen molar-refractivity contribution >= 4 is 29.5 Å². The van der Waals surface area contributed by atoms with Gasteiger partial charge in [0.25, 0.3) is 0 Å². The van der Waals surface area contributed by atoms with Crippen LogP contribution in [0.25, 0.3) is 0 Å². The second-order valence-electron chi connectivity index (χ2n) is 4.91. The zero-order valence-corrected chi connectivity index (χ0v) is 13.6. The number of nitrogen functional groups attached to an aromatic ring is 1. The summed E-state index contributed by atoms with van der Waals surface area (Å²) in [7, 11) is 0. The monoisotopic (exact) mass is 357 g/mol. The number of nitrogens with two attached hydrogens (primary N) is 1. The van der Waals surface area contributed by atoms with Gasteiger partial charge in [-0.05, 0) is 18.2 Å². The van der Waals surface area contributed by atoms with Gasteiger partial charge < -0.3 is 10.5 Å². The highest BCUT2D eigenvalue weighted by atomic mass is 35.5. The van der Waals surface area contributed by atoms with Crippen molar-refractivity contribution in [3.63, 3.8) is 0 Å². The number of halogens is 2. The lowest BCUT2D eigenvalue weighted by Gasteiger charge is -2.08. The van der Waals surface area contributed by atoms with Crippen molar-refractivity contribution in [2.24, 2.45) is 5.10 Å². The van der Waals surface area contributed by atoms with Crippen molar-refractivity contribution in [3.05, 3.63) is 71.1 Å². The van der Waals surface area contributed by atoms with Crippen molar-refractivity contribution in [2.75, 3.05) is 11.2 Å². The van der Waals surface area contributed by atoms with Crippen LogP contribution in [-0.2, 0) is 0 Å². The SMILES string of the molecule is Nc1cccc(Oc2nc(N/N=C/c3ccccc3F)ncc2Cl)c1. The molecule has 0 aliphatic heterocycles. The predicted octanol–water partition coefficient (Wildman–Crippen LogP) is 4.09. The number of aromatic nitrogens is 2.